The van der Waals surface area contributed by atoms with Crippen LogP contribution in [0.4, 0.5) is 0 Å². The van der Waals surface area contributed by atoms with E-state index in [1.165, 1.54) is 0 Å². The number of hydrogen-bond donors (Lipinski definition) is 7. The summed E-state index contributed by atoms with van der Waals surface area (Å²) in [6.45, 7) is -0.563. The van der Waals surface area contributed by atoms with Gasteiger partial charge in [0.15, 0.2) is 6.23 Å². The predicted molar refractivity (Wildman–Crippen MR) is 71.1 cm³/mol. The molecule has 1 heterocycles. The Kier molecular flexibility index (Phi) is 7.65. The molecule has 0 bridgehead atoms. The van der Waals surface area contributed by atoms with Crippen molar-refractivity contribution in [3.05, 3.63) is 0 Å². The number of carbonyl (C=O) groups is 2. The normalized spacial score (nSPS) is 31.7. The fourth-order valence-corrected chi connectivity index (χ4v) is 2.00. The molecule has 7 N–H and O–H groups in total. The number of carboxylic acid groups (broad SMARTS) is 1. The van der Waals surface area contributed by atoms with Crippen molar-refractivity contribution < 1.29 is 39.9 Å². The molecule has 0 saturated carbocycles. The van der Waals surface area contributed by atoms with Crippen LogP contribution in [-0.4, -0.2) is 74.7 Å². The van der Waals surface area contributed by atoms with E-state index >= 15 is 0 Å². The first-order chi connectivity index (χ1) is 10.4. The molecule has 1 aliphatic heterocycles. The third-order valence-electron chi connectivity index (χ3n) is 3.29. The highest BCUT2D eigenvalue weighted by Gasteiger charge is 2.43. The number of amides is 1. The van der Waals surface area contributed by atoms with Crippen LogP contribution in [0.2, 0.25) is 0 Å². The van der Waals surface area contributed by atoms with E-state index in [2.05, 4.69) is 10.9 Å². The van der Waals surface area contributed by atoms with Gasteiger partial charge in [-0.3, -0.25) is 15.0 Å². The summed E-state index contributed by atoms with van der Waals surface area (Å²) in [5, 5.41) is 46.3. The summed E-state index contributed by atoms with van der Waals surface area (Å²) in [4.78, 5) is 21.8. The molecule has 1 saturated heterocycles. The Hall–Kier alpha value is -1.30. The Labute approximate surface area is 126 Å². The molecule has 0 spiro atoms. The van der Waals surface area contributed by atoms with Gasteiger partial charge < -0.3 is 30.3 Å². The van der Waals surface area contributed by atoms with Crippen molar-refractivity contribution >= 4 is 11.9 Å². The number of rotatable bonds is 8. The number of carboxylic acids is 1. The maximum atomic E-state index is 11.5. The molecule has 5 atom stereocenters. The average molecular weight is 322 g/mol. The number of hydrogen-bond acceptors (Lipinski definition) is 8. The molecule has 0 aliphatic carbocycles. The lowest BCUT2D eigenvalue weighted by Crippen LogP contribution is -2.64. The molecule has 1 aliphatic rings. The Morgan fingerprint density at radius 2 is 1.64 bits per heavy atom. The quantitative estimate of drug-likeness (QED) is 0.182. The highest BCUT2D eigenvalue weighted by Crippen LogP contribution is 2.19. The third-order valence-corrected chi connectivity index (χ3v) is 3.29. The highest BCUT2D eigenvalue weighted by atomic mass is 16.6. The topological polar surface area (TPSA) is 169 Å². The van der Waals surface area contributed by atoms with Gasteiger partial charge in [-0.05, 0) is 12.8 Å². The molecule has 0 aromatic heterocycles. The minimum Gasteiger partial charge on any atom is -0.481 e. The summed E-state index contributed by atoms with van der Waals surface area (Å²) in [7, 11) is 0. The van der Waals surface area contributed by atoms with Crippen LogP contribution < -0.4 is 10.9 Å². The second kappa shape index (κ2) is 8.98. The molecule has 10 heteroatoms. The molecule has 0 aromatic rings. The maximum absolute atomic E-state index is 11.5. The third kappa shape index (κ3) is 5.48. The van der Waals surface area contributed by atoms with Crippen molar-refractivity contribution in [1.29, 1.82) is 0 Å². The number of aliphatic hydroxyl groups is 4. The van der Waals surface area contributed by atoms with E-state index in [-0.39, 0.29) is 12.8 Å². The number of hydrazine groups is 1. The number of aliphatic carboxylic acids is 1. The summed E-state index contributed by atoms with van der Waals surface area (Å²) < 4.78 is 5.12. The van der Waals surface area contributed by atoms with Crippen LogP contribution in [-0.2, 0) is 14.3 Å². The lowest BCUT2D eigenvalue weighted by atomic mass is 9.99. The average Bonchev–Trinajstić information content (AvgIpc) is 2.48. The molecule has 10 nitrogen and oxygen atoms in total. The van der Waals surface area contributed by atoms with Gasteiger partial charge in [0.05, 0.1) is 6.61 Å². The fraction of sp³-hybridized carbons (Fsp3) is 0.833. The van der Waals surface area contributed by atoms with E-state index in [4.69, 9.17) is 14.9 Å². The number of carbonyl (C=O) groups excluding carboxylic acids is 1. The first-order valence-corrected chi connectivity index (χ1v) is 6.93. The van der Waals surface area contributed by atoms with Gasteiger partial charge >= 0.3 is 5.97 Å². The first-order valence-electron chi connectivity index (χ1n) is 6.93. The Morgan fingerprint density at radius 3 is 2.23 bits per heavy atom. The van der Waals surface area contributed by atoms with E-state index in [0.717, 1.165) is 0 Å². The van der Waals surface area contributed by atoms with Crippen LogP contribution in [0.25, 0.3) is 0 Å². The van der Waals surface area contributed by atoms with Crippen LogP contribution in [0.3, 0.4) is 0 Å². The van der Waals surface area contributed by atoms with Gasteiger partial charge in [0.2, 0.25) is 5.91 Å². The molecule has 5 unspecified atom stereocenters. The van der Waals surface area contributed by atoms with Gasteiger partial charge in [-0.1, -0.05) is 0 Å². The highest BCUT2D eigenvalue weighted by molar-refractivity contribution is 5.75. The summed E-state index contributed by atoms with van der Waals surface area (Å²) in [5.41, 5.74) is 4.62. The fourth-order valence-electron chi connectivity index (χ4n) is 2.00. The monoisotopic (exact) mass is 322 g/mol. The standard InChI is InChI=1S/C12H22N2O8/c15-5-6-9(19)10(20)11(21)12(22-6)14-13-7(16)3-1-2-4-8(17)18/h6,9-12,14-15,19-21H,1-5H2,(H,13,16)(H,17,18). The smallest absolute Gasteiger partial charge is 0.303 e. The van der Waals surface area contributed by atoms with Gasteiger partial charge in [0.25, 0.3) is 0 Å². The van der Waals surface area contributed by atoms with Gasteiger partial charge in [0.1, 0.15) is 24.4 Å². The van der Waals surface area contributed by atoms with Gasteiger partial charge in [-0.2, -0.15) is 0 Å². The molecule has 128 valence electrons. The zero-order valence-corrected chi connectivity index (χ0v) is 11.9. The second-order valence-corrected chi connectivity index (χ2v) is 5.04. The summed E-state index contributed by atoms with van der Waals surface area (Å²) >= 11 is 0. The van der Waals surface area contributed by atoms with Crippen LogP contribution >= 0.6 is 0 Å². The van der Waals surface area contributed by atoms with Crippen LogP contribution in [0.15, 0.2) is 0 Å². The Balaban J connectivity index is 2.33. The van der Waals surface area contributed by atoms with Crippen molar-refractivity contribution in [3.8, 4) is 0 Å². The van der Waals surface area contributed by atoms with E-state index in [0.29, 0.717) is 12.8 Å². The van der Waals surface area contributed by atoms with Gasteiger partial charge in [-0.15, -0.1) is 0 Å². The molecule has 0 radical (unpaired) electrons. The lowest BCUT2D eigenvalue weighted by molar-refractivity contribution is -0.238. The SMILES string of the molecule is O=C(O)CCCCC(=O)NNC1OC(CO)C(O)C(O)C1O. The second-order valence-electron chi connectivity index (χ2n) is 5.04. The molecular weight excluding hydrogens is 300 g/mol. The van der Waals surface area contributed by atoms with Crippen LogP contribution in [0, 0.1) is 0 Å². The lowest BCUT2D eigenvalue weighted by Gasteiger charge is -2.40. The Bertz CT molecular complexity index is 378. The number of aliphatic hydroxyl groups excluding tert-OH is 4. The molecule has 0 aromatic carbocycles. The van der Waals surface area contributed by atoms with Crippen molar-refractivity contribution in [2.75, 3.05) is 6.61 Å². The van der Waals surface area contributed by atoms with Crippen molar-refractivity contribution in [3.63, 3.8) is 0 Å². The van der Waals surface area contributed by atoms with Crippen LogP contribution in [0.5, 0.6) is 0 Å². The molecule has 22 heavy (non-hydrogen) atoms. The molecule has 1 rings (SSSR count). The zero-order valence-electron chi connectivity index (χ0n) is 11.9. The number of nitrogens with one attached hydrogen (secondary N) is 2. The largest absolute Gasteiger partial charge is 0.481 e. The molecule has 1 fully saturated rings. The number of ether oxygens (including phenoxy) is 1. The Morgan fingerprint density at radius 1 is 1.00 bits per heavy atom. The van der Waals surface area contributed by atoms with Gasteiger partial charge in [-0.25, -0.2) is 5.43 Å². The number of unbranched alkanes of at least 4 members (excludes halogenated alkanes) is 1. The van der Waals surface area contributed by atoms with E-state index in [9.17, 15) is 24.9 Å². The summed E-state index contributed by atoms with van der Waals surface area (Å²) in [6.07, 6.45) is -5.95. The predicted octanol–water partition coefficient (Wildman–Crippen LogP) is -2.95. The minimum atomic E-state index is -1.53. The van der Waals surface area contributed by atoms with Gasteiger partial charge in [0, 0.05) is 12.8 Å². The van der Waals surface area contributed by atoms with Crippen molar-refractivity contribution in [2.24, 2.45) is 0 Å². The van der Waals surface area contributed by atoms with Crippen LogP contribution in [0.1, 0.15) is 25.7 Å². The molecular formula is C12H22N2O8. The van der Waals surface area contributed by atoms with E-state index in [1.54, 1.807) is 0 Å². The zero-order chi connectivity index (χ0) is 16.7. The maximum Gasteiger partial charge on any atom is 0.303 e. The van der Waals surface area contributed by atoms with E-state index < -0.39 is 49.1 Å². The summed E-state index contributed by atoms with van der Waals surface area (Å²) in [6, 6.07) is 0. The van der Waals surface area contributed by atoms with E-state index in [1.807, 2.05) is 0 Å². The van der Waals surface area contributed by atoms with Crippen molar-refractivity contribution in [1.82, 2.24) is 10.9 Å². The van der Waals surface area contributed by atoms with Crippen molar-refractivity contribution in [2.45, 2.75) is 56.3 Å². The minimum absolute atomic E-state index is 0.0204. The molecule has 1 amide bonds. The first kappa shape index (κ1) is 18.7. The summed E-state index contributed by atoms with van der Waals surface area (Å²) in [5.74, 6) is -1.37.